The maximum absolute atomic E-state index is 5.46. The predicted molar refractivity (Wildman–Crippen MR) is 59.3 cm³/mol. The zero-order chi connectivity index (χ0) is 9.90. The molecule has 1 aliphatic rings. The van der Waals surface area contributed by atoms with Crippen molar-refractivity contribution in [1.82, 2.24) is 0 Å². The molecule has 0 aromatic carbocycles. The van der Waals surface area contributed by atoms with Crippen molar-refractivity contribution in [2.45, 2.75) is 58.0 Å². The molecule has 1 aliphatic heterocycles. The van der Waals surface area contributed by atoms with Crippen LogP contribution in [0.15, 0.2) is 0 Å². The van der Waals surface area contributed by atoms with Crippen LogP contribution >= 0.6 is 0 Å². The first-order valence-corrected chi connectivity index (χ1v) is 8.71. The summed E-state index contributed by atoms with van der Waals surface area (Å²) in [6, 6.07) is 0. The third-order valence-electron chi connectivity index (χ3n) is 2.01. The molecule has 1 fully saturated rings. The summed E-state index contributed by atoms with van der Waals surface area (Å²) in [7, 11) is -1.18. The third kappa shape index (κ3) is 4.49. The zero-order valence-electron chi connectivity index (χ0n) is 9.18. The van der Waals surface area contributed by atoms with Crippen molar-refractivity contribution < 1.29 is 4.74 Å². The maximum Gasteiger partial charge on any atom is 0.144 e. The van der Waals surface area contributed by atoms with Crippen molar-refractivity contribution in [3.05, 3.63) is 0 Å². The van der Waals surface area contributed by atoms with Crippen LogP contribution in [-0.2, 0) is 4.74 Å². The molecule has 0 aliphatic carbocycles. The van der Waals surface area contributed by atoms with Gasteiger partial charge in [0.2, 0.25) is 0 Å². The summed E-state index contributed by atoms with van der Waals surface area (Å²) in [5.41, 5.74) is 3.35. The van der Waals surface area contributed by atoms with Crippen LogP contribution in [0.5, 0.6) is 0 Å². The van der Waals surface area contributed by atoms with Crippen LogP contribution in [0.4, 0.5) is 0 Å². The quantitative estimate of drug-likeness (QED) is 0.384. The van der Waals surface area contributed by atoms with Gasteiger partial charge in [0, 0.05) is 0 Å². The van der Waals surface area contributed by atoms with Gasteiger partial charge in [0.25, 0.3) is 0 Å². The minimum absolute atomic E-state index is 0.276. The molecule has 0 amide bonds. The molecule has 0 aromatic rings. The third-order valence-corrected chi connectivity index (χ3v) is 2.91. The molecule has 2 atom stereocenters. The Morgan fingerprint density at radius 2 is 2.00 bits per heavy atom. The Labute approximate surface area is 82.9 Å². The van der Waals surface area contributed by atoms with Gasteiger partial charge in [-0.2, -0.15) is 0 Å². The van der Waals surface area contributed by atoms with E-state index in [2.05, 4.69) is 38.0 Å². The Balaban J connectivity index is 2.23. The minimum Gasteiger partial charge on any atom is -0.356 e. The predicted octanol–water partition coefficient (Wildman–Crippen LogP) is 2.82. The smallest absolute Gasteiger partial charge is 0.144 e. The summed E-state index contributed by atoms with van der Waals surface area (Å²) in [6.45, 7) is 9.02. The molecule has 1 rings (SSSR count). The second-order valence-corrected chi connectivity index (χ2v) is 9.51. The fraction of sp³-hybridized carbons (Fsp3) is 0.818. The van der Waals surface area contributed by atoms with Gasteiger partial charge in [0.1, 0.15) is 14.2 Å². The summed E-state index contributed by atoms with van der Waals surface area (Å²) in [5.74, 6) is 3.25. The van der Waals surface area contributed by atoms with Gasteiger partial charge >= 0.3 is 0 Å². The Morgan fingerprint density at radius 1 is 1.31 bits per heavy atom. The molecule has 0 saturated carbocycles. The van der Waals surface area contributed by atoms with E-state index in [0.717, 1.165) is 0 Å². The Morgan fingerprint density at radius 3 is 2.54 bits per heavy atom. The molecule has 0 radical (unpaired) electrons. The molecule has 74 valence electrons. The molecule has 13 heavy (non-hydrogen) atoms. The number of rotatable bonds is 3. The van der Waals surface area contributed by atoms with E-state index in [0.29, 0.717) is 6.10 Å². The summed E-state index contributed by atoms with van der Waals surface area (Å²) < 4.78 is 5.46. The molecule has 1 heterocycles. The summed E-state index contributed by atoms with van der Waals surface area (Å²) in [4.78, 5) is 0. The van der Waals surface area contributed by atoms with Gasteiger partial charge in [-0.1, -0.05) is 45.3 Å². The van der Waals surface area contributed by atoms with Crippen molar-refractivity contribution in [2.75, 3.05) is 0 Å². The van der Waals surface area contributed by atoms with Crippen molar-refractivity contribution in [3.63, 3.8) is 0 Å². The van der Waals surface area contributed by atoms with Gasteiger partial charge in [0.15, 0.2) is 0 Å². The van der Waals surface area contributed by atoms with Gasteiger partial charge < -0.3 is 4.74 Å². The largest absolute Gasteiger partial charge is 0.356 e. The van der Waals surface area contributed by atoms with Crippen molar-refractivity contribution in [2.24, 2.45) is 0 Å². The molecule has 0 spiro atoms. The Bertz CT molecular complexity index is 218. The molecule has 0 bridgehead atoms. The van der Waals surface area contributed by atoms with Gasteiger partial charge in [0.05, 0.1) is 6.10 Å². The van der Waals surface area contributed by atoms with Crippen LogP contribution in [0.3, 0.4) is 0 Å². The lowest BCUT2D eigenvalue weighted by Crippen LogP contribution is -2.16. The summed E-state index contributed by atoms with van der Waals surface area (Å²) in [6.07, 6.45) is 4.47. The standard InChI is InChI=1S/C11H20OSi/c1-5-6-7-10-11(12-10)8-9-13(2,3)4/h10-11H,5-7H2,1-4H3/t10-,11-/m1/s1. The molecule has 1 nitrogen and oxygen atoms in total. The van der Waals surface area contributed by atoms with Crippen LogP contribution < -0.4 is 0 Å². The SMILES string of the molecule is CCCC[C@H]1O[C@@H]1C#C[Si](C)(C)C. The van der Waals surface area contributed by atoms with E-state index in [4.69, 9.17) is 4.74 Å². The molecular formula is C11H20OSi. The highest BCUT2D eigenvalue weighted by Crippen LogP contribution is 2.26. The van der Waals surface area contributed by atoms with Crippen LogP contribution in [-0.4, -0.2) is 20.3 Å². The lowest BCUT2D eigenvalue weighted by atomic mass is 10.2. The van der Waals surface area contributed by atoms with Crippen molar-refractivity contribution in [1.29, 1.82) is 0 Å². The van der Waals surface area contributed by atoms with Gasteiger partial charge in [-0.15, -0.1) is 5.54 Å². The van der Waals surface area contributed by atoms with Crippen LogP contribution in [0, 0.1) is 11.5 Å². The number of epoxide rings is 1. The first-order chi connectivity index (χ1) is 6.03. The number of ether oxygens (including phenoxy) is 1. The van der Waals surface area contributed by atoms with E-state index in [1.54, 1.807) is 0 Å². The van der Waals surface area contributed by atoms with E-state index >= 15 is 0 Å². The Hall–Kier alpha value is -0.263. The second-order valence-electron chi connectivity index (χ2n) is 4.76. The molecule has 0 unspecified atom stereocenters. The average molecular weight is 196 g/mol. The van der Waals surface area contributed by atoms with Crippen molar-refractivity contribution >= 4 is 8.07 Å². The molecule has 2 heteroatoms. The van der Waals surface area contributed by atoms with E-state index in [-0.39, 0.29) is 6.10 Å². The Kier molecular flexibility index (Phi) is 3.58. The normalized spacial score (nSPS) is 26.5. The monoisotopic (exact) mass is 196 g/mol. The minimum atomic E-state index is -1.18. The molecule has 0 aromatic heterocycles. The topological polar surface area (TPSA) is 12.5 Å². The lowest BCUT2D eigenvalue weighted by molar-refractivity contribution is 0.377. The number of hydrogen-bond donors (Lipinski definition) is 0. The summed E-state index contributed by atoms with van der Waals surface area (Å²) >= 11 is 0. The van der Waals surface area contributed by atoms with E-state index in [1.165, 1.54) is 19.3 Å². The first-order valence-electron chi connectivity index (χ1n) is 5.21. The van der Waals surface area contributed by atoms with E-state index < -0.39 is 8.07 Å². The zero-order valence-corrected chi connectivity index (χ0v) is 10.2. The molecule has 0 N–H and O–H groups in total. The van der Waals surface area contributed by atoms with Crippen LogP contribution in [0.2, 0.25) is 19.6 Å². The van der Waals surface area contributed by atoms with Crippen molar-refractivity contribution in [3.8, 4) is 11.5 Å². The lowest BCUT2D eigenvalue weighted by Gasteiger charge is -2.02. The average Bonchev–Trinajstić information content (AvgIpc) is 2.75. The maximum atomic E-state index is 5.46. The van der Waals surface area contributed by atoms with Gasteiger partial charge in [-0.25, -0.2) is 0 Å². The van der Waals surface area contributed by atoms with Crippen LogP contribution in [0.25, 0.3) is 0 Å². The van der Waals surface area contributed by atoms with E-state index in [1.807, 2.05) is 0 Å². The highest BCUT2D eigenvalue weighted by atomic mass is 28.3. The highest BCUT2D eigenvalue weighted by molar-refractivity contribution is 6.83. The second kappa shape index (κ2) is 4.30. The van der Waals surface area contributed by atoms with Gasteiger partial charge in [-0.05, 0) is 6.42 Å². The first kappa shape index (κ1) is 10.8. The van der Waals surface area contributed by atoms with Gasteiger partial charge in [-0.3, -0.25) is 0 Å². The highest BCUT2D eigenvalue weighted by Gasteiger charge is 2.36. The van der Waals surface area contributed by atoms with Crippen LogP contribution in [0.1, 0.15) is 26.2 Å². The number of unbranched alkanes of at least 4 members (excludes halogenated alkanes) is 1. The molecular weight excluding hydrogens is 176 g/mol. The number of hydrogen-bond acceptors (Lipinski definition) is 1. The van der Waals surface area contributed by atoms with E-state index in [9.17, 15) is 0 Å². The molecule has 1 saturated heterocycles. The fourth-order valence-electron chi connectivity index (χ4n) is 1.18. The summed E-state index contributed by atoms with van der Waals surface area (Å²) in [5, 5.41) is 0. The fourth-order valence-corrected chi connectivity index (χ4v) is 1.76.